The van der Waals surface area contributed by atoms with Crippen molar-refractivity contribution in [2.45, 2.75) is 77.2 Å². The van der Waals surface area contributed by atoms with Crippen molar-refractivity contribution in [2.75, 3.05) is 6.61 Å². The van der Waals surface area contributed by atoms with Crippen molar-refractivity contribution < 1.29 is 19.1 Å². The Morgan fingerprint density at radius 2 is 1.62 bits per heavy atom. The summed E-state index contributed by atoms with van der Waals surface area (Å²) in [6, 6.07) is 0. The lowest BCUT2D eigenvalue weighted by Crippen LogP contribution is -2.26. The summed E-state index contributed by atoms with van der Waals surface area (Å²) in [7, 11) is 0. The molecule has 1 unspecified atom stereocenters. The molecule has 0 saturated carbocycles. The van der Waals surface area contributed by atoms with Gasteiger partial charge in [-0.05, 0) is 38.2 Å². The highest BCUT2D eigenvalue weighted by Gasteiger charge is 2.38. The Labute approximate surface area is 126 Å². The van der Waals surface area contributed by atoms with E-state index in [4.69, 9.17) is 9.47 Å². The van der Waals surface area contributed by atoms with Crippen molar-refractivity contribution in [1.82, 2.24) is 0 Å². The minimum absolute atomic E-state index is 0.305. The van der Waals surface area contributed by atoms with Crippen molar-refractivity contribution in [3.8, 4) is 0 Å². The molecule has 0 spiro atoms. The van der Waals surface area contributed by atoms with Crippen LogP contribution in [-0.2, 0) is 19.1 Å². The second kappa shape index (κ2) is 8.20. The zero-order valence-corrected chi connectivity index (χ0v) is 13.0. The molecule has 2 aliphatic rings. The third-order valence-electron chi connectivity index (χ3n) is 4.30. The molecule has 0 saturated heterocycles. The minimum atomic E-state index is -0.782. The summed E-state index contributed by atoms with van der Waals surface area (Å²) in [4.78, 5) is 24.0. The van der Waals surface area contributed by atoms with Gasteiger partial charge in [0.2, 0.25) is 6.10 Å². The highest BCUT2D eigenvalue weighted by atomic mass is 16.6. The van der Waals surface area contributed by atoms with Crippen molar-refractivity contribution in [3.63, 3.8) is 0 Å². The Bertz CT molecular complexity index is 411. The fraction of sp³-hybridized carbons (Fsp3) is 0.765. The van der Waals surface area contributed by atoms with Gasteiger partial charge in [0.05, 0.1) is 6.61 Å². The van der Waals surface area contributed by atoms with E-state index in [9.17, 15) is 9.59 Å². The second-order valence-electron chi connectivity index (χ2n) is 5.87. The van der Waals surface area contributed by atoms with Gasteiger partial charge in [0, 0.05) is 5.57 Å². The lowest BCUT2D eigenvalue weighted by Gasteiger charge is -2.13. The second-order valence-corrected chi connectivity index (χ2v) is 5.87. The third kappa shape index (κ3) is 4.32. The first-order valence-electron chi connectivity index (χ1n) is 8.33. The average molecular weight is 294 g/mol. The zero-order chi connectivity index (χ0) is 15.1. The quantitative estimate of drug-likeness (QED) is 0.729. The van der Waals surface area contributed by atoms with Crippen molar-refractivity contribution in [3.05, 3.63) is 11.1 Å². The predicted molar refractivity (Wildman–Crippen MR) is 79.7 cm³/mol. The van der Waals surface area contributed by atoms with Crippen LogP contribution in [0.2, 0.25) is 0 Å². The van der Waals surface area contributed by atoms with Crippen LogP contribution in [0.5, 0.6) is 0 Å². The van der Waals surface area contributed by atoms with Crippen LogP contribution in [0.3, 0.4) is 0 Å². The summed E-state index contributed by atoms with van der Waals surface area (Å²) in [6.07, 6.45) is 10.1. The Balaban J connectivity index is 2.12. The lowest BCUT2D eigenvalue weighted by atomic mass is 9.93. The van der Waals surface area contributed by atoms with Gasteiger partial charge in [0.1, 0.15) is 0 Å². The molecule has 1 aliphatic carbocycles. The van der Waals surface area contributed by atoms with Crippen LogP contribution in [0, 0.1) is 0 Å². The maximum Gasteiger partial charge on any atom is 0.351 e. The first-order valence-corrected chi connectivity index (χ1v) is 8.33. The molecule has 0 bridgehead atoms. The molecule has 2 rings (SSSR count). The van der Waals surface area contributed by atoms with Crippen LogP contribution < -0.4 is 0 Å². The molecule has 0 amide bonds. The molecule has 0 aromatic carbocycles. The number of carbonyl (C=O) groups excluding carboxylic acids is 2. The number of esters is 2. The third-order valence-corrected chi connectivity index (χ3v) is 4.30. The minimum Gasteiger partial charge on any atom is -0.463 e. The molecular weight excluding hydrogens is 268 g/mol. The number of hydrogen-bond acceptors (Lipinski definition) is 4. The molecule has 4 nitrogen and oxygen atoms in total. The maximum absolute atomic E-state index is 12.1. The van der Waals surface area contributed by atoms with Gasteiger partial charge < -0.3 is 9.47 Å². The highest BCUT2D eigenvalue weighted by molar-refractivity contribution is 5.97. The molecule has 4 heteroatoms. The monoisotopic (exact) mass is 294 g/mol. The normalized spacial score (nSPS) is 24.6. The van der Waals surface area contributed by atoms with Crippen LogP contribution in [0.1, 0.15) is 71.1 Å². The fourth-order valence-electron chi connectivity index (χ4n) is 3.17. The number of cyclic esters (lactones) is 1. The fourth-order valence-corrected chi connectivity index (χ4v) is 3.17. The molecule has 1 aliphatic heterocycles. The van der Waals surface area contributed by atoms with E-state index >= 15 is 0 Å². The molecule has 0 radical (unpaired) electrons. The molecule has 0 aromatic heterocycles. The van der Waals surface area contributed by atoms with Gasteiger partial charge in [-0.25, -0.2) is 9.59 Å². The molecule has 118 valence electrons. The van der Waals surface area contributed by atoms with Gasteiger partial charge in [0.15, 0.2) is 0 Å². The van der Waals surface area contributed by atoms with E-state index in [1.807, 2.05) is 0 Å². The first kappa shape index (κ1) is 16.1. The zero-order valence-electron chi connectivity index (χ0n) is 13.0. The van der Waals surface area contributed by atoms with Crippen molar-refractivity contribution >= 4 is 11.9 Å². The summed E-state index contributed by atoms with van der Waals surface area (Å²) in [5.41, 5.74) is 1.63. The van der Waals surface area contributed by atoms with Gasteiger partial charge in [-0.3, -0.25) is 0 Å². The Morgan fingerprint density at radius 3 is 2.24 bits per heavy atom. The SMILES string of the molecule is CCOC(=O)C1OC(=O)C2=C1CCCCCCCCCC2. The van der Waals surface area contributed by atoms with E-state index in [0.717, 1.165) is 49.7 Å². The number of rotatable bonds is 2. The summed E-state index contributed by atoms with van der Waals surface area (Å²) in [5.74, 6) is -0.719. The Kier molecular flexibility index (Phi) is 6.27. The van der Waals surface area contributed by atoms with Crippen molar-refractivity contribution in [1.29, 1.82) is 0 Å². The molecular formula is C17H26O4. The van der Waals surface area contributed by atoms with E-state index < -0.39 is 12.1 Å². The van der Waals surface area contributed by atoms with Crippen molar-refractivity contribution in [2.24, 2.45) is 0 Å². The summed E-state index contributed by atoms with van der Waals surface area (Å²) >= 11 is 0. The van der Waals surface area contributed by atoms with Crippen LogP contribution in [0.4, 0.5) is 0 Å². The van der Waals surface area contributed by atoms with Gasteiger partial charge in [-0.2, -0.15) is 0 Å². The average Bonchev–Trinajstić information content (AvgIpc) is 2.75. The maximum atomic E-state index is 12.1. The largest absolute Gasteiger partial charge is 0.463 e. The summed E-state index contributed by atoms with van der Waals surface area (Å²) < 4.78 is 10.3. The molecule has 0 aromatic rings. The van der Waals surface area contributed by atoms with Crippen LogP contribution in [-0.4, -0.2) is 24.6 Å². The smallest absolute Gasteiger partial charge is 0.351 e. The topological polar surface area (TPSA) is 52.6 Å². The van der Waals surface area contributed by atoms with Crippen LogP contribution in [0.15, 0.2) is 11.1 Å². The van der Waals surface area contributed by atoms with Gasteiger partial charge in [-0.1, -0.05) is 38.5 Å². The van der Waals surface area contributed by atoms with E-state index in [-0.39, 0.29) is 5.97 Å². The van der Waals surface area contributed by atoms with Crippen LogP contribution >= 0.6 is 0 Å². The van der Waals surface area contributed by atoms with E-state index in [1.54, 1.807) is 6.92 Å². The molecule has 0 N–H and O–H groups in total. The Morgan fingerprint density at radius 1 is 1.05 bits per heavy atom. The predicted octanol–water partition coefficient (Wildman–Crippen LogP) is 3.69. The first-order chi connectivity index (χ1) is 10.2. The summed E-state index contributed by atoms with van der Waals surface area (Å²) in [6.45, 7) is 2.08. The molecule has 21 heavy (non-hydrogen) atoms. The van der Waals surface area contributed by atoms with Gasteiger partial charge in [0.25, 0.3) is 0 Å². The number of hydrogen-bond donors (Lipinski definition) is 0. The number of carbonyl (C=O) groups is 2. The van der Waals surface area contributed by atoms with Gasteiger partial charge >= 0.3 is 11.9 Å². The standard InChI is InChI=1S/C17H26O4/c1-2-20-17(19)15-13-11-9-7-5-3-4-6-8-10-12-14(13)16(18)21-15/h15H,2-12H2,1H3. The lowest BCUT2D eigenvalue weighted by molar-refractivity contribution is -0.160. The highest BCUT2D eigenvalue weighted by Crippen LogP contribution is 2.32. The van der Waals surface area contributed by atoms with E-state index in [2.05, 4.69) is 0 Å². The number of ether oxygens (including phenoxy) is 2. The van der Waals surface area contributed by atoms with Gasteiger partial charge in [-0.15, -0.1) is 0 Å². The molecule has 1 atom stereocenters. The van der Waals surface area contributed by atoms with E-state index in [0.29, 0.717) is 6.61 Å². The van der Waals surface area contributed by atoms with Crippen LogP contribution in [0.25, 0.3) is 0 Å². The summed E-state index contributed by atoms with van der Waals surface area (Å²) in [5, 5.41) is 0. The Hall–Kier alpha value is -1.32. The van der Waals surface area contributed by atoms with E-state index in [1.165, 1.54) is 25.7 Å². The molecule has 1 heterocycles. The molecule has 0 fully saturated rings.